The molecule has 0 spiro atoms. The third-order valence-electron chi connectivity index (χ3n) is 2.20. The Hall–Kier alpha value is -1.20. The number of nitrogens with zero attached hydrogens (tertiary/aromatic N) is 1. The Kier molecular flexibility index (Phi) is 3.91. The maximum atomic E-state index is 11.8. The first-order valence-electron chi connectivity index (χ1n) is 5.10. The molecule has 1 N–H and O–H groups in total. The van der Waals surface area contributed by atoms with Crippen LogP contribution in [0.15, 0.2) is 34.9 Å². The van der Waals surface area contributed by atoms with Gasteiger partial charge in [-0.25, -0.2) is 4.98 Å². The Morgan fingerprint density at radius 3 is 2.71 bits per heavy atom. The van der Waals surface area contributed by atoms with E-state index in [1.54, 1.807) is 29.7 Å². The zero-order chi connectivity index (χ0) is 12.3. The first-order chi connectivity index (χ1) is 8.15. The number of aryl methyl sites for hydroxylation is 1. The van der Waals surface area contributed by atoms with Crippen molar-refractivity contribution >= 4 is 33.2 Å². The minimum atomic E-state index is -0.0662. The molecule has 2 rings (SSSR count). The summed E-state index contributed by atoms with van der Waals surface area (Å²) in [5.41, 5.74) is 0.662. The van der Waals surface area contributed by atoms with Crippen LogP contribution in [0, 0.1) is 6.92 Å². The molecule has 0 saturated heterocycles. The largest absolute Gasteiger partial charge is 0.347 e. The Morgan fingerprint density at radius 1 is 1.41 bits per heavy atom. The van der Waals surface area contributed by atoms with Crippen molar-refractivity contribution in [2.75, 3.05) is 0 Å². The number of amides is 1. The molecule has 1 amide bonds. The molecule has 5 heteroatoms. The molecule has 0 aliphatic carbocycles. The summed E-state index contributed by atoms with van der Waals surface area (Å²) in [6, 6.07) is 7.28. The summed E-state index contributed by atoms with van der Waals surface area (Å²) < 4.78 is 0.965. The zero-order valence-corrected chi connectivity index (χ0v) is 11.6. The smallest absolute Gasteiger partial charge is 0.251 e. The molecule has 1 aromatic heterocycles. The molecular formula is C12H11BrN2OS. The van der Waals surface area contributed by atoms with Crippen LogP contribution in [0.25, 0.3) is 0 Å². The first kappa shape index (κ1) is 12.3. The molecule has 1 aromatic carbocycles. The van der Waals surface area contributed by atoms with E-state index < -0.39 is 0 Å². The number of carbonyl (C=O) groups excluding carboxylic acids is 1. The van der Waals surface area contributed by atoms with Crippen LogP contribution in [-0.4, -0.2) is 10.9 Å². The minimum absolute atomic E-state index is 0.0662. The molecule has 1 heterocycles. The lowest BCUT2D eigenvalue weighted by molar-refractivity contribution is 0.0951. The van der Waals surface area contributed by atoms with Gasteiger partial charge in [0.05, 0.1) is 11.6 Å². The summed E-state index contributed by atoms with van der Waals surface area (Å²) in [6.07, 6.45) is 1.79. The monoisotopic (exact) mass is 310 g/mol. The third-order valence-corrected chi connectivity index (χ3v) is 3.64. The molecule has 0 atom stereocenters. The fraction of sp³-hybridized carbons (Fsp3) is 0.167. The van der Waals surface area contributed by atoms with Gasteiger partial charge in [-0.05, 0) is 31.2 Å². The maximum absolute atomic E-state index is 11.8. The molecule has 0 aliphatic heterocycles. The van der Waals surface area contributed by atoms with Crippen molar-refractivity contribution in [3.05, 3.63) is 50.4 Å². The van der Waals surface area contributed by atoms with Gasteiger partial charge < -0.3 is 5.32 Å². The van der Waals surface area contributed by atoms with E-state index in [1.807, 2.05) is 19.1 Å². The van der Waals surface area contributed by atoms with Crippen LogP contribution >= 0.6 is 27.3 Å². The second kappa shape index (κ2) is 5.42. The second-order valence-electron chi connectivity index (χ2n) is 3.54. The van der Waals surface area contributed by atoms with E-state index in [-0.39, 0.29) is 5.91 Å². The highest BCUT2D eigenvalue weighted by atomic mass is 79.9. The van der Waals surface area contributed by atoms with E-state index in [9.17, 15) is 4.79 Å². The molecule has 3 nitrogen and oxygen atoms in total. The molecule has 0 aliphatic rings. The third kappa shape index (κ3) is 3.38. The number of hydrogen-bond acceptors (Lipinski definition) is 3. The molecule has 0 saturated carbocycles. The van der Waals surface area contributed by atoms with Crippen molar-refractivity contribution in [3.63, 3.8) is 0 Å². The molecule has 0 radical (unpaired) electrons. The lowest BCUT2D eigenvalue weighted by Gasteiger charge is -2.03. The SMILES string of the molecule is Cc1ncc(CNC(=O)c2ccc(Br)cc2)s1. The summed E-state index contributed by atoms with van der Waals surface area (Å²) in [4.78, 5) is 17.0. The average Bonchev–Trinajstić information content (AvgIpc) is 2.73. The lowest BCUT2D eigenvalue weighted by atomic mass is 10.2. The highest BCUT2D eigenvalue weighted by Gasteiger charge is 2.05. The molecule has 0 fully saturated rings. The molecule has 2 aromatic rings. The summed E-state index contributed by atoms with van der Waals surface area (Å²) >= 11 is 4.93. The Morgan fingerprint density at radius 2 is 2.12 bits per heavy atom. The predicted octanol–water partition coefficient (Wildman–Crippen LogP) is 3.14. The highest BCUT2D eigenvalue weighted by molar-refractivity contribution is 9.10. The Balaban J connectivity index is 1.95. The van der Waals surface area contributed by atoms with Gasteiger partial charge in [0.1, 0.15) is 0 Å². The van der Waals surface area contributed by atoms with Crippen molar-refractivity contribution in [1.82, 2.24) is 10.3 Å². The van der Waals surface area contributed by atoms with Gasteiger partial charge in [-0.15, -0.1) is 11.3 Å². The number of hydrogen-bond donors (Lipinski definition) is 1. The van der Waals surface area contributed by atoms with E-state index in [1.165, 1.54) is 0 Å². The zero-order valence-electron chi connectivity index (χ0n) is 9.24. The topological polar surface area (TPSA) is 42.0 Å². The van der Waals surface area contributed by atoms with Gasteiger partial charge in [0.2, 0.25) is 0 Å². The van der Waals surface area contributed by atoms with Crippen LogP contribution in [0.2, 0.25) is 0 Å². The first-order valence-corrected chi connectivity index (χ1v) is 6.71. The lowest BCUT2D eigenvalue weighted by Crippen LogP contribution is -2.22. The Labute approximate surface area is 112 Å². The Bertz CT molecular complexity index is 522. The number of nitrogens with one attached hydrogen (secondary N) is 1. The van der Waals surface area contributed by atoms with Gasteiger partial charge in [0.15, 0.2) is 0 Å². The number of rotatable bonds is 3. The van der Waals surface area contributed by atoms with Crippen LogP contribution in [0.4, 0.5) is 0 Å². The van der Waals surface area contributed by atoms with Gasteiger partial charge in [-0.2, -0.15) is 0 Å². The van der Waals surface area contributed by atoms with Gasteiger partial charge in [-0.3, -0.25) is 4.79 Å². The summed E-state index contributed by atoms with van der Waals surface area (Å²) in [5, 5.41) is 3.88. The number of thiazole rings is 1. The molecule has 0 bridgehead atoms. The number of halogens is 1. The fourth-order valence-corrected chi connectivity index (χ4v) is 2.36. The molecule has 17 heavy (non-hydrogen) atoms. The normalized spacial score (nSPS) is 10.2. The summed E-state index contributed by atoms with van der Waals surface area (Å²) in [5.74, 6) is -0.0662. The van der Waals surface area contributed by atoms with Crippen molar-refractivity contribution in [1.29, 1.82) is 0 Å². The van der Waals surface area contributed by atoms with Crippen molar-refractivity contribution in [3.8, 4) is 0 Å². The fourth-order valence-electron chi connectivity index (χ4n) is 1.36. The van der Waals surface area contributed by atoms with Gasteiger partial charge in [-0.1, -0.05) is 15.9 Å². The quantitative estimate of drug-likeness (QED) is 0.946. The molecule has 88 valence electrons. The highest BCUT2D eigenvalue weighted by Crippen LogP contribution is 2.12. The minimum Gasteiger partial charge on any atom is -0.347 e. The van der Waals surface area contributed by atoms with E-state index in [2.05, 4.69) is 26.2 Å². The summed E-state index contributed by atoms with van der Waals surface area (Å²) in [7, 11) is 0. The molecule has 0 unspecified atom stereocenters. The van der Waals surface area contributed by atoms with E-state index in [0.717, 1.165) is 14.4 Å². The van der Waals surface area contributed by atoms with Crippen LogP contribution in [0.5, 0.6) is 0 Å². The van der Waals surface area contributed by atoms with Crippen LogP contribution < -0.4 is 5.32 Å². The van der Waals surface area contributed by atoms with Crippen molar-refractivity contribution < 1.29 is 4.79 Å². The van der Waals surface area contributed by atoms with Crippen molar-refractivity contribution in [2.45, 2.75) is 13.5 Å². The maximum Gasteiger partial charge on any atom is 0.251 e. The standard InChI is InChI=1S/C12H11BrN2OS/c1-8-14-6-11(17-8)7-15-12(16)9-2-4-10(13)5-3-9/h2-6H,7H2,1H3,(H,15,16). The van der Waals surface area contributed by atoms with Crippen LogP contribution in [0.1, 0.15) is 20.2 Å². The van der Waals surface area contributed by atoms with E-state index >= 15 is 0 Å². The van der Waals surface area contributed by atoms with Crippen LogP contribution in [0.3, 0.4) is 0 Å². The van der Waals surface area contributed by atoms with Gasteiger partial charge in [0, 0.05) is 21.1 Å². The number of aromatic nitrogens is 1. The number of benzene rings is 1. The van der Waals surface area contributed by atoms with E-state index in [4.69, 9.17) is 0 Å². The number of carbonyl (C=O) groups is 1. The van der Waals surface area contributed by atoms with Gasteiger partial charge >= 0.3 is 0 Å². The van der Waals surface area contributed by atoms with Gasteiger partial charge in [0.25, 0.3) is 5.91 Å². The van der Waals surface area contributed by atoms with E-state index in [0.29, 0.717) is 12.1 Å². The average molecular weight is 311 g/mol. The molecular weight excluding hydrogens is 300 g/mol. The predicted molar refractivity (Wildman–Crippen MR) is 72.2 cm³/mol. The summed E-state index contributed by atoms with van der Waals surface area (Å²) in [6.45, 7) is 2.48. The second-order valence-corrected chi connectivity index (χ2v) is 5.77. The van der Waals surface area contributed by atoms with Crippen LogP contribution in [-0.2, 0) is 6.54 Å². The van der Waals surface area contributed by atoms with Crippen molar-refractivity contribution in [2.24, 2.45) is 0 Å².